The fourth-order valence-electron chi connectivity index (χ4n) is 1.97. The van der Waals surface area contributed by atoms with Crippen LogP contribution in [0.25, 0.3) is 0 Å². The molecule has 0 N–H and O–H groups in total. The van der Waals surface area contributed by atoms with Gasteiger partial charge in [-0.1, -0.05) is 13.2 Å². The predicted molar refractivity (Wildman–Crippen MR) is 39.5 cm³/mol. The van der Waals surface area contributed by atoms with Crippen molar-refractivity contribution in [3.63, 3.8) is 0 Å². The van der Waals surface area contributed by atoms with Crippen LogP contribution in [0.5, 0.6) is 0 Å². The number of ketones is 1. The molecule has 10 heavy (non-hydrogen) atoms. The van der Waals surface area contributed by atoms with Gasteiger partial charge in [0.2, 0.25) is 0 Å². The van der Waals surface area contributed by atoms with E-state index in [-0.39, 0.29) is 5.92 Å². The lowest BCUT2D eigenvalue weighted by Crippen LogP contribution is -2.11. The van der Waals surface area contributed by atoms with Crippen molar-refractivity contribution in [1.29, 1.82) is 0 Å². The number of fused-ring (bicyclic) bond motifs is 2. The first-order valence-electron chi connectivity index (χ1n) is 3.61. The topological polar surface area (TPSA) is 17.1 Å². The van der Waals surface area contributed by atoms with E-state index < -0.39 is 0 Å². The van der Waals surface area contributed by atoms with Gasteiger partial charge in [-0.3, -0.25) is 4.79 Å². The maximum absolute atomic E-state index is 11.1. The minimum atomic E-state index is 0.150. The van der Waals surface area contributed by atoms with Gasteiger partial charge >= 0.3 is 0 Å². The molecule has 0 saturated heterocycles. The second-order valence-electron chi connectivity index (χ2n) is 3.21. The lowest BCUT2D eigenvalue weighted by Gasteiger charge is -2.12. The van der Waals surface area contributed by atoms with Crippen LogP contribution >= 0.6 is 0 Å². The quantitative estimate of drug-likeness (QED) is 0.493. The molecule has 2 aliphatic rings. The zero-order chi connectivity index (χ0) is 7.30. The Morgan fingerprint density at radius 3 is 2.40 bits per heavy atom. The number of Topliss-reactive ketones (excluding diaryl/α,β-unsaturated/α-hetero) is 1. The number of allylic oxidation sites excluding steroid dienone is 2. The summed E-state index contributed by atoms with van der Waals surface area (Å²) in [5.74, 6) is 0.977. The molecule has 0 aromatic carbocycles. The van der Waals surface area contributed by atoms with Crippen LogP contribution < -0.4 is 0 Å². The van der Waals surface area contributed by atoms with Crippen molar-refractivity contribution in [1.82, 2.24) is 0 Å². The molecule has 52 valence electrons. The molecular formula is C9H10O. The van der Waals surface area contributed by atoms with Gasteiger partial charge in [-0.25, -0.2) is 0 Å². The minimum Gasteiger partial charge on any atom is -0.299 e. The molecule has 2 bridgehead atoms. The molecule has 2 aliphatic carbocycles. The standard InChI is InChI=1S/C9H10O/c1-5-6(2)8-3-7(5)4-9(8)10/h7-8H,1-4H2. The fraction of sp³-hybridized carbons (Fsp3) is 0.444. The highest BCUT2D eigenvalue weighted by molar-refractivity contribution is 5.90. The van der Waals surface area contributed by atoms with Crippen molar-refractivity contribution in [3.8, 4) is 0 Å². The van der Waals surface area contributed by atoms with Gasteiger partial charge in [0.25, 0.3) is 0 Å². The predicted octanol–water partition coefficient (Wildman–Crippen LogP) is 1.71. The molecule has 1 nitrogen and oxygen atoms in total. The number of carbonyl (C=O) groups is 1. The first-order chi connectivity index (χ1) is 4.70. The second kappa shape index (κ2) is 1.60. The van der Waals surface area contributed by atoms with Crippen molar-refractivity contribution in [3.05, 3.63) is 24.3 Å². The van der Waals surface area contributed by atoms with Crippen LogP contribution in [0.4, 0.5) is 0 Å². The van der Waals surface area contributed by atoms with Crippen LogP contribution in [0, 0.1) is 11.8 Å². The Balaban J connectivity index is 2.41. The zero-order valence-corrected chi connectivity index (χ0v) is 5.89. The lowest BCUT2D eigenvalue weighted by atomic mass is 9.91. The summed E-state index contributed by atoms with van der Waals surface area (Å²) in [7, 11) is 0. The fourth-order valence-corrected chi connectivity index (χ4v) is 1.97. The van der Waals surface area contributed by atoms with Crippen LogP contribution in [-0.4, -0.2) is 5.78 Å². The summed E-state index contributed by atoms with van der Waals surface area (Å²) in [6.45, 7) is 7.75. The largest absolute Gasteiger partial charge is 0.299 e. The van der Waals surface area contributed by atoms with E-state index >= 15 is 0 Å². The van der Waals surface area contributed by atoms with Crippen LogP contribution in [0.15, 0.2) is 24.3 Å². The number of hydrogen-bond donors (Lipinski definition) is 0. The van der Waals surface area contributed by atoms with Crippen molar-refractivity contribution in [2.75, 3.05) is 0 Å². The molecule has 0 amide bonds. The Bertz CT molecular complexity index is 237. The average Bonchev–Trinajstić information content (AvgIpc) is 2.36. The smallest absolute Gasteiger partial charge is 0.140 e. The monoisotopic (exact) mass is 134 g/mol. The van der Waals surface area contributed by atoms with Gasteiger partial charge in [-0.15, -0.1) is 0 Å². The number of carbonyl (C=O) groups excluding carboxylic acids is 1. The van der Waals surface area contributed by atoms with E-state index in [1.165, 1.54) is 0 Å². The Hall–Kier alpha value is -0.850. The SMILES string of the molecule is C=C1C(=C)C2CC1CC2=O. The van der Waals surface area contributed by atoms with Crippen LogP contribution in [0.3, 0.4) is 0 Å². The molecule has 1 heteroatoms. The maximum atomic E-state index is 11.1. The first-order valence-corrected chi connectivity index (χ1v) is 3.61. The van der Waals surface area contributed by atoms with Crippen LogP contribution in [-0.2, 0) is 4.79 Å². The van der Waals surface area contributed by atoms with Gasteiger partial charge in [0.05, 0.1) is 0 Å². The summed E-state index contributed by atoms with van der Waals surface area (Å²) in [4.78, 5) is 11.1. The lowest BCUT2D eigenvalue weighted by molar-refractivity contribution is -0.120. The van der Waals surface area contributed by atoms with E-state index in [0.717, 1.165) is 24.0 Å². The summed E-state index contributed by atoms with van der Waals surface area (Å²) in [6.07, 6.45) is 1.72. The molecule has 0 radical (unpaired) electrons. The molecule has 2 atom stereocenters. The average molecular weight is 134 g/mol. The van der Waals surface area contributed by atoms with E-state index in [4.69, 9.17) is 0 Å². The molecule has 0 aromatic rings. The van der Waals surface area contributed by atoms with Crippen LogP contribution in [0.1, 0.15) is 12.8 Å². The third-order valence-corrected chi connectivity index (χ3v) is 2.68. The summed E-state index contributed by atoms with van der Waals surface area (Å²) >= 11 is 0. The number of hydrogen-bond acceptors (Lipinski definition) is 1. The summed E-state index contributed by atoms with van der Waals surface area (Å²) < 4.78 is 0. The molecule has 0 heterocycles. The van der Waals surface area contributed by atoms with E-state index in [0.29, 0.717) is 11.7 Å². The highest BCUT2D eigenvalue weighted by Crippen LogP contribution is 2.47. The van der Waals surface area contributed by atoms with E-state index in [2.05, 4.69) is 13.2 Å². The highest BCUT2D eigenvalue weighted by atomic mass is 16.1. The molecule has 0 aromatic heterocycles. The second-order valence-corrected chi connectivity index (χ2v) is 3.21. The summed E-state index contributed by atoms with van der Waals surface area (Å²) in [5, 5.41) is 0. The molecular weight excluding hydrogens is 124 g/mol. The Kier molecular flexibility index (Phi) is 0.942. The normalized spacial score (nSPS) is 37.8. The Morgan fingerprint density at radius 1 is 1.30 bits per heavy atom. The molecule has 2 unspecified atom stereocenters. The third kappa shape index (κ3) is 0.505. The maximum Gasteiger partial charge on any atom is 0.140 e. The van der Waals surface area contributed by atoms with Gasteiger partial charge in [0, 0.05) is 12.3 Å². The highest BCUT2D eigenvalue weighted by Gasteiger charge is 2.43. The van der Waals surface area contributed by atoms with Gasteiger partial charge in [-0.2, -0.15) is 0 Å². The summed E-state index contributed by atoms with van der Waals surface area (Å²) in [5.41, 5.74) is 2.13. The van der Waals surface area contributed by atoms with Crippen molar-refractivity contribution < 1.29 is 4.79 Å². The number of rotatable bonds is 0. The molecule has 2 saturated carbocycles. The Morgan fingerprint density at radius 2 is 2.00 bits per heavy atom. The Labute approximate surface area is 60.4 Å². The van der Waals surface area contributed by atoms with Gasteiger partial charge in [0.15, 0.2) is 0 Å². The van der Waals surface area contributed by atoms with Gasteiger partial charge in [0.1, 0.15) is 5.78 Å². The zero-order valence-electron chi connectivity index (χ0n) is 5.89. The van der Waals surface area contributed by atoms with Crippen molar-refractivity contribution in [2.24, 2.45) is 11.8 Å². The molecule has 0 aliphatic heterocycles. The molecule has 2 fully saturated rings. The van der Waals surface area contributed by atoms with Crippen LogP contribution in [0.2, 0.25) is 0 Å². The van der Waals surface area contributed by atoms with Crippen molar-refractivity contribution >= 4 is 5.78 Å². The van der Waals surface area contributed by atoms with Crippen molar-refractivity contribution in [2.45, 2.75) is 12.8 Å². The van der Waals surface area contributed by atoms with Gasteiger partial charge < -0.3 is 0 Å². The van der Waals surface area contributed by atoms with E-state index in [1.807, 2.05) is 0 Å². The van der Waals surface area contributed by atoms with Gasteiger partial charge in [-0.05, 0) is 23.5 Å². The molecule has 2 rings (SSSR count). The van der Waals surface area contributed by atoms with E-state index in [9.17, 15) is 4.79 Å². The third-order valence-electron chi connectivity index (χ3n) is 2.68. The summed E-state index contributed by atoms with van der Waals surface area (Å²) in [6, 6.07) is 0. The van der Waals surface area contributed by atoms with E-state index in [1.54, 1.807) is 0 Å². The minimum absolute atomic E-state index is 0.150. The first kappa shape index (κ1) is 5.90. The molecule has 0 spiro atoms.